The van der Waals surface area contributed by atoms with Crippen molar-refractivity contribution >= 4 is 22.9 Å². The second-order valence-corrected chi connectivity index (χ2v) is 4.39. The number of anilines is 1. The quantitative estimate of drug-likeness (QED) is 0.746. The molecule has 3 nitrogen and oxygen atoms in total. The number of thiocarbonyl (C=S) groups is 1. The first kappa shape index (κ1) is 10.4. The van der Waals surface area contributed by atoms with E-state index in [4.69, 9.17) is 18.0 Å². The molecule has 1 heterocycles. The third kappa shape index (κ3) is 3.16. The Morgan fingerprint density at radius 2 is 2.40 bits per heavy atom. The van der Waals surface area contributed by atoms with Crippen molar-refractivity contribution < 1.29 is 0 Å². The first-order valence-corrected chi connectivity index (χ1v) is 5.66. The molecular formula is C11H15N3S. The molecule has 0 saturated heterocycles. The number of nitrogens with one attached hydrogen (secondary N) is 1. The Hall–Kier alpha value is -1.16. The molecule has 0 aromatic carbocycles. The van der Waals surface area contributed by atoms with Gasteiger partial charge in [0, 0.05) is 18.4 Å². The van der Waals surface area contributed by atoms with E-state index in [2.05, 4.69) is 10.3 Å². The van der Waals surface area contributed by atoms with Gasteiger partial charge in [0.1, 0.15) is 4.99 Å². The number of nitrogens with two attached hydrogens (primary N) is 1. The van der Waals surface area contributed by atoms with E-state index in [0.29, 0.717) is 10.7 Å². The van der Waals surface area contributed by atoms with Crippen molar-refractivity contribution in [2.75, 3.05) is 11.9 Å². The Balaban J connectivity index is 1.88. The molecule has 1 fully saturated rings. The summed E-state index contributed by atoms with van der Waals surface area (Å²) in [5, 5.41) is 3.36. The van der Waals surface area contributed by atoms with Crippen LogP contribution in [0, 0.1) is 5.92 Å². The smallest absolute Gasteiger partial charge is 0.122 e. The molecule has 1 aliphatic carbocycles. The van der Waals surface area contributed by atoms with E-state index in [1.165, 1.54) is 19.3 Å². The number of hydrogen-bond donors (Lipinski definition) is 2. The molecule has 15 heavy (non-hydrogen) atoms. The van der Waals surface area contributed by atoms with Gasteiger partial charge < -0.3 is 11.1 Å². The largest absolute Gasteiger partial charge is 0.388 e. The van der Waals surface area contributed by atoms with Gasteiger partial charge in [-0.05, 0) is 24.5 Å². The lowest BCUT2D eigenvalue weighted by Gasteiger charge is -2.06. The van der Waals surface area contributed by atoms with Crippen LogP contribution >= 0.6 is 12.2 Å². The number of nitrogens with zero attached hydrogens (tertiary/aromatic N) is 1. The van der Waals surface area contributed by atoms with Gasteiger partial charge in [0.25, 0.3) is 0 Å². The lowest BCUT2D eigenvalue weighted by molar-refractivity contribution is 0.760. The average molecular weight is 221 g/mol. The SMILES string of the molecule is NC(=S)c1cc(NCCC2CC2)ccn1. The maximum Gasteiger partial charge on any atom is 0.122 e. The molecule has 1 aromatic rings. The van der Waals surface area contributed by atoms with E-state index >= 15 is 0 Å². The van der Waals surface area contributed by atoms with Crippen molar-refractivity contribution in [1.82, 2.24) is 4.98 Å². The molecule has 0 spiro atoms. The van der Waals surface area contributed by atoms with E-state index in [-0.39, 0.29) is 0 Å². The van der Waals surface area contributed by atoms with Gasteiger partial charge in [-0.3, -0.25) is 4.98 Å². The molecule has 1 saturated carbocycles. The summed E-state index contributed by atoms with van der Waals surface area (Å²) in [6.45, 7) is 1.02. The molecule has 0 amide bonds. The highest BCUT2D eigenvalue weighted by Crippen LogP contribution is 2.32. The summed E-state index contributed by atoms with van der Waals surface area (Å²) in [6, 6.07) is 3.84. The summed E-state index contributed by atoms with van der Waals surface area (Å²) in [4.78, 5) is 4.44. The number of rotatable bonds is 5. The Morgan fingerprint density at radius 3 is 3.07 bits per heavy atom. The summed E-state index contributed by atoms with van der Waals surface area (Å²) >= 11 is 4.87. The minimum absolute atomic E-state index is 0.348. The molecule has 3 N–H and O–H groups in total. The maximum absolute atomic E-state index is 5.51. The van der Waals surface area contributed by atoms with E-state index in [1.54, 1.807) is 6.20 Å². The van der Waals surface area contributed by atoms with Gasteiger partial charge in [0.05, 0.1) is 5.69 Å². The summed E-state index contributed by atoms with van der Waals surface area (Å²) < 4.78 is 0. The molecule has 80 valence electrons. The van der Waals surface area contributed by atoms with Crippen LogP contribution in [0.3, 0.4) is 0 Å². The molecule has 2 rings (SSSR count). The zero-order chi connectivity index (χ0) is 10.7. The summed E-state index contributed by atoms with van der Waals surface area (Å²) in [7, 11) is 0. The number of hydrogen-bond acceptors (Lipinski definition) is 3. The first-order chi connectivity index (χ1) is 7.25. The zero-order valence-electron chi connectivity index (χ0n) is 8.57. The minimum Gasteiger partial charge on any atom is -0.388 e. The van der Waals surface area contributed by atoms with Crippen LogP contribution in [-0.4, -0.2) is 16.5 Å². The van der Waals surface area contributed by atoms with Crippen molar-refractivity contribution in [3.8, 4) is 0 Å². The topological polar surface area (TPSA) is 50.9 Å². The number of aromatic nitrogens is 1. The molecule has 1 aliphatic rings. The minimum atomic E-state index is 0.348. The number of pyridine rings is 1. The molecule has 0 unspecified atom stereocenters. The van der Waals surface area contributed by atoms with Gasteiger partial charge in [0.15, 0.2) is 0 Å². The van der Waals surface area contributed by atoms with Crippen LogP contribution in [0.4, 0.5) is 5.69 Å². The van der Waals surface area contributed by atoms with E-state index in [0.717, 1.165) is 18.2 Å². The van der Waals surface area contributed by atoms with Crippen LogP contribution in [-0.2, 0) is 0 Å². The van der Waals surface area contributed by atoms with Gasteiger partial charge in [-0.15, -0.1) is 0 Å². The highest BCUT2D eigenvalue weighted by molar-refractivity contribution is 7.80. The predicted molar refractivity (Wildman–Crippen MR) is 66.0 cm³/mol. The van der Waals surface area contributed by atoms with E-state index in [9.17, 15) is 0 Å². The average Bonchev–Trinajstić information content (AvgIpc) is 3.02. The van der Waals surface area contributed by atoms with Gasteiger partial charge >= 0.3 is 0 Å². The molecule has 4 heteroatoms. The lowest BCUT2D eigenvalue weighted by atomic mass is 10.2. The summed E-state index contributed by atoms with van der Waals surface area (Å²) in [5.74, 6) is 0.953. The fourth-order valence-corrected chi connectivity index (χ4v) is 1.61. The van der Waals surface area contributed by atoms with Gasteiger partial charge in [-0.25, -0.2) is 0 Å². The summed E-state index contributed by atoms with van der Waals surface area (Å²) in [6.07, 6.45) is 5.78. The normalized spacial score (nSPS) is 14.9. The fourth-order valence-electron chi connectivity index (χ4n) is 1.50. The highest BCUT2D eigenvalue weighted by Gasteiger charge is 2.20. The zero-order valence-corrected chi connectivity index (χ0v) is 9.39. The lowest BCUT2D eigenvalue weighted by Crippen LogP contribution is -2.12. The van der Waals surface area contributed by atoms with Crippen LogP contribution in [0.2, 0.25) is 0 Å². The standard InChI is InChI=1S/C11H15N3S/c12-11(15)10-7-9(4-6-14-10)13-5-3-8-1-2-8/h4,6-8H,1-3,5H2,(H2,12,15)(H,13,14). The Labute approximate surface area is 95.1 Å². The highest BCUT2D eigenvalue weighted by atomic mass is 32.1. The van der Waals surface area contributed by atoms with Crippen molar-refractivity contribution in [3.63, 3.8) is 0 Å². The van der Waals surface area contributed by atoms with Gasteiger partial charge in [0.2, 0.25) is 0 Å². The second kappa shape index (κ2) is 4.57. The Bertz CT molecular complexity index is 361. The first-order valence-electron chi connectivity index (χ1n) is 5.25. The molecule has 0 aliphatic heterocycles. The van der Waals surface area contributed by atoms with Crippen LogP contribution in [0.5, 0.6) is 0 Å². The van der Waals surface area contributed by atoms with Crippen LogP contribution in [0.15, 0.2) is 18.3 Å². The van der Waals surface area contributed by atoms with Crippen molar-refractivity contribution in [2.24, 2.45) is 11.7 Å². The van der Waals surface area contributed by atoms with E-state index < -0.39 is 0 Å². The van der Waals surface area contributed by atoms with Crippen molar-refractivity contribution in [3.05, 3.63) is 24.0 Å². The van der Waals surface area contributed by atoms with E-state index in [1.807, 2.05) is 12.1 Å². The maximum atomic E-state index is 5.51. The molecule has 0 atom stereocenters. The third-order valence-corrected chi connectivity index (χ3v) is 2.80. The third-order valence-electron chi connectivity index (χ3n) is 2.59. The molecule has 0 radical (unpaired) electrons. The Morgan fingerprint density at radius 1 is 1.60 bits per heavy atom. The molecule has 1 aromatic heterocycles. The second-order valence-electron chi connectivity index (χ2n) is 3.95. The molecule has 0 bridgehead atoms. The molecular weight excluding hydrogens is 206 g/mol. The predicted octanol–water partition coefficient (Wildman–Crippen LogP) is 1.93. The monoisotopic (exact) mass is 221 g/mol. The summed E-state index contributed by atoms with van der Waals surface area (Å²) in [5.41, 5.74) is 7.24. The van der Waals surface area contributed by atoms with Crippen molar-refractivity contribution in [2.45, 2.75) is 19.3 Å². The van der Waals surface area contributed by atoms with Crippen molar-refractivity contribution in [1.29, 1.82) is 0 Å². The van der Waals surface area contributed by atoms with Crippen LogP contribution in [0.25, 0.3) is 0 Å². The fraction of sp³-hybridized carbons (Fsp3) is 0.455. The Kier molecular flexibility index (Phi) is 3.16. The van der Waals surface area contributed by atoms with Crippen LogP contribution in [0.1, 0.15) is 25.0 Å². The van der Waals surface area contributed by atoms with Gasteiger partial charge in [-0.2, -0.15) is 0 Å². The van der Waals surface area contributed by atoms with Gasteiger partial charge in [-0.1, -0.05) is 25.1 Å². The van der Waals surface area contributed by atoms with Crippen LogP contribution < -0.4 is 11.1 Å².